The molecule has 20 heavy (non-hydrogen) atoms. The summed E-state index contributed by atoms with van der Waals surface area (Å²) in [5.41, 5.74) is 2.46. The zero-order valence-corrected chi connectivity index (χ0v) is 13.7. The lowest BCUT2D eigenvalue weighted by Crippen LogP contribution is -2.15. The van der Waals surface area contributed by atoms with E-state index < -0.39 is 0 Å². The van der Waals surface area contributed by atoms with Crippen LogP contribution < -0.4 is 5.32 Å². The molecule has 3 nitrogen and oxygen atoms in total. The predicted molar refractivity (Wildman–Crippen MR) is 84.9 cm³/mol. The minimum atomic E-state index is 0.733. The summed E-state index contributed by atoms with van der Waals surface area (Å²) in [7, 11) is 0. The summed E-state index contributed by atoms with van der Waals surface area (Å²) in [6, 6.07) is 6.94. The van der Waals surface area contributed by atoms with E-state index in [1.54, 1.807) is 11.8 Å². The first-order valence-corrected chi connectivity index (χ1v) is 8.30. The van der Waals surface area contributed by atoms with Gasteiger partial charge in [-0.2, -0.15) is 0 Å². The van der Waals surface area contributed by atoms with E-state index in [0.29, 0.717) is 0 Å². The van der Waals surface area contributed by atoms with Gasteiger partial charge < -0.3 is 5.32 Å². The second kappa shape index (κ2) is 6.24. The number of nitrogens with zero attached hydrogens (tertiary/aromatic N) is 2. The molecule has 2 heterocycles. The monoisotopic (exact) mass is 349 g/mol. The van der Waals surface area contributed by atoms with Gasteiger partial charge in [0.1, 0.15) is 10.1 Å². The van der Waals surface area contributed by atoms with Crippen molar-refractivity contribution in [1.82, 2.24) is 15.3 Å². The minimum Gasteiger partial charge on any atom is -0.310 e. The van der Waals surface area contributed by atoms with Gasteiger partial charge in [0.2, 0.25) is 0 Å². The third-order valence-electron chi connectivity index (χ3n) is 3.16. The van der Waals surface area contributed by atoms with Crippen LogP contribution in [0.5, 0.6) is 0 Å². The number of rotatable bonds is 5. The molecule has 0 spiro atoms. The number of hydrogen-bond acceptors (Lipinski definition) is 4. The zero-order chi connectivity index (χ0) is 13.9. The predicted octanol–water partition coefficient (Wildman–Crippen LogP) is 3.95. The van der Waals surface area contributed by atoms with Crippen molar-refractivity contribution in [3.8, 4) is 0 Å². The molecule has 1 aliphatic rings. The Morgan fingerprint density at radius 1 is 1.30 bits per heavy atom. The van der Waals surface area contributed by atoms with Crippen molar-refractivity contribution in [3.05, 3.63) is 46.2 Å². The minimum absolute atomic E-state index is 0.733. The summed E-state index contributed by atoms with van der Waals surface area (Å²) in [6.07, 6.45) is 6.40. The van der Waals surface area contributed by atoms with Crippen LogP contribution in [0.1, 0.15) is 24.0 Å². The lowest BCUT2D eigenvalue weighted by atomic mass is 10.2. The maximum absolute atomic E-state index is 4.57. The van der Waals surface area contributed by atoms with Gasteiger partial charge in [-0.15, -0.1) is 0 Å². The van der Waals surface area contributed by atoms with E-state index in [-0.39, 0.29) is 0 Å². The highest BCUT2D eigenvalue weighted by Crippen LogP contribution is 2.28. The fraction of sp³-hybridized carbons (Fsp3) is 0.333. The highest BCUT2D eigenvalue weighted by Gasteiger charge is 2.20. The first-order chi connectivity index (χ1) is 9.70. The molecule has 5 heteroatoms. The standard InChI is InChI=1S/C15H16BrN3S/c1-10-6-11(7-17-13-3-4-13)8-19-15(10)20-14-5-2-12(16)9-18-14/h2,5-6,8-9,13,17H,3-4,7H2,1H3. The fourth-order valence-corrected chi connectivity index (χ4v) is 2.89. The number of halogens is 1. The number of aromatic nitrogens is 2. The Morgan fingerprint density at radius 2 is 2.15 bits per heavy atom. The van der Waals surface area contributed by atoms with E-state index in [1.165, 1.54) is 24.0 Å². The molecule has 1 aliphatic carbocycles. The van der Waals surface area contributed by atoms with Gasteiger partial charge in [-0.1, -0.05) is 6.07 Å². The molecule has 1 fully saturated rings. The molecule has 2 aromatic heterocycles. The summed E-state index contributed by atoms with van der Waals surface area (Å²) in [5.74, 6) is 0. The molecule has 2 aromatic rings. The molecule has 1 N–H and O–H groups in total. The van der Waals surface area contributed by atoms with Gasteiger partial charge in [-0.25, -0.2) is 9.97 Å². The van der Waals surface area contributed by atoms with Gasteiger partial charge in [0.05, 0.1) is 0 Å². The SMILES string of the molecule is Cc1cc(CNC2CC2)cnc1Sc1ccc(Br)cn1. The molecule has 0 bridgehead atoms. The molecule has 0 radical (unpaired) electrons. The van der Waals surface area contributed by atoms with Gasteiger partial charge in [-0.05, 0) is 70.7 Å². The Bertz CT molecular complexity index is 597. The van der Waals surface area contributed by atoms with Crippen LogP contribution in [0.15, 0.2) is 45.1 Å². The van der Waals surface area contributed by atoms with E-state index >= 15 is 0 Å². The van der Waals surface area contributed by atoms with E-state index in [0.717, 1.165) is 27.1 Å². The zero-order valence-electron chi connectivity index (χ0n) is 11.3. The van der Waals surface area contributed by atoms with Crippen LogP contribution in [0.25, 0.3) is 0 Å². The van der Waals surface area contributed by atoms with Gasteiger partial charge in [0, 0.05) is 29.5 Å². The Hall–Kier alpha value is -0.910. The number of pyridine rings is 2. The van der Waals surface area contributed by atoms with Crippen molar-refractivity contribution in [2.24, 2.45) is 0 Å². The number of aryl methyl sites for hydroxylation is 1. The van der Waals surface area contributed by atoms with Crippen LogP contribution in [0.3, 0.4) is 0 Å². The van der Waals surface area contributed by atoms with Crippen LogP contribution in [0.2, 0.25) is 0 Å². The summed E-state index contributed by atoms with van der Waals surface area (Å²) < 4.78 is 0.994. The first-order valence-electron chi connectivity index (χ1n) is 6.69. The molecule has 0 aliphatic heterocycles. The Balaban J connectivity index is 1.68. The van der Waals surface area contributed by atoms with Crippen molar-refractivity contribution in [2.45, 2.75) is 42.4 Å². The molecule has 3 rings (SSSR count). The summed E-state index contributed by atoms with van der Waals surface area (Å²) in [4.78, 5) is 8.93. The molecule has 104 valence electrons. The molecular weight excluding hydrogens is 334 g/mol. The number of hydrogen-bond donors (Lipinski definition) is 1. The molecular formula is C15H16BrN3S. The van der Waals surface area contributed by atoms with Crippen LogP contribution >= 0.6 is 27.7 Å². The molecule has 0 aromatic carbocycles. The van der Waals surface area contributed by atoms with Crippen molar-refractivity contribution >= 4 is 27.7 Å². The molecule has 0 unspecified atom stereocenters. The molecule has 0 saturated heterocycles. The number of nitrogens with one attached hydrogen (secondary N) is 1. The largest absolute Gasteiger partial charge is 0.310 e. The van der Waals surface area contributed by atoms with E-state index in [9.17, 15) is 0 Å². The Kier molecular flexibility index (Phi) is 4.38. The summed E-state index contributed by atoms with van der Waals surface area (Å²) >= 11 is 5.00. The summed E-state index contributed by atoms with van der Waals surface area (Å²) in [6.45, 7) is 3.02. The average Bonchev–Trinajstić information content (AvgIpc) is 3.26. The second-order valence-electron chi connectivity index (χ2n) is 5.04. The van der Waals surface area contributed by atoms with Crippen molar-refractivity contribution in [2.75, 3.05) is 0 Å². The third-order valence-corrected chi connectivity index (χ3v) is 4.70. The average molecular weight is 350 g/mol. The highest BCUT2D eigenvalue weighted by atomic mass is 79.9. The van der Waals surface area contributed by atoms with Gasteiger partial charge in [-0.3, -0.25) is 0 Å². The van der Waals surface area contributed by atoms with Crippen molar-refractivity contribution in [1.29, 1.82) is 0 Å². The Labute approximate surface area is 131 Å². The van der Waals surface area contributed by atoms with Gasteiger partial charge in [0.25, 0.3) is 0 Å². The quantitative estimate of drug-likeness (QED) is 0.886. The van der Waals surface area contributed by atoms with E-state index in [2.05, 4.69) is 44.2 Å². The normalized spacial score (nSPS) is 14.5. The topological polar surface area (TPSA) is 37.8 Å². The summed E-state index contributed by atoms with van der Waals surface area (Å²) in [5, 5.41) is 5.50. The highest BCUT2D eigenvalue weighted by molar-refractivity contribution is 9.10. The molecule has 0 amide bonds. The lowest BCUT2D eigenvalue weighted by Gasteiger charge is -2.08. The van der Waals surface area contributed by atoms with Crippen molar-refractivity contribution < 1.29 is 0 Å². The van der Waals surface area contributed by atoms with Crippen LogP contribution in [-0.2, 0) is 6.54 Å². The lowest BCUT2D eigenvalue weighted by molar-refractivity contribution is 0.684. The third kappa shape index (κ3) is 3.81. The van der Waals surface area contributed by atoms with Crippen LogP contribution in [0.4, 0.5) is 0 Å². The van der Waals surface area contributed by atoms with Gasteiger partial charge >= 0.3 is 0 Å². The maximum atomic E-state index is 4.57. The second-order valence-corrected chi connectivity index (χ2v) is 6.96. The Morgan fingerprint density at radius 3 is 2.80 bits per heavy atom. The maximum Gasteiger partial charge on any atom is 0.105 e. The smallest absolute Gasteiger partial charge is 0.105 e. The van der Waals surface area contributed by atoms with E-state index in [4.69, 9.17) is 0 Å². The van der Waals surface area contributed by atoms with E-state index in [1.807, 2.05) is 24.5 Å². The van der Waals surface area contributed by atoms with Gasteiger partial charge in [0.15, 0.2) is 0 Å². The van der Waals surface area contributed by atoms with Crippen molar-refractivity contribution in [3.63, 3.8) is 0 Å². The molecule has 1 saturated carbocycles. The fourth-order valence-electron chi connectivity index (χ4n) is 1.90. The van der Waals surface area contributed by atoms with Crippen LogP contribution in [-0.4, -0.2) is 16.0 Å². The molecule has 0 atom stereocenters. The first kappa shape index (κ1) is 14.0. The van der Waals surface area contributed by atoms with Crippen LogP contribution in [0, 0.1) is 6.92 Å².